The highest BCUT2D eigenvalue weighted by atomic mass is 19.1. The summed E-state index contributed by atoms with van der Waals surface area (Å²) in [6.07, 6.45) is 3.14. The molecule has 0 spiro atoms. The van der Waals surface area contributed by atoms with E-state index in [1.165, 1.54) is 19.4 Å². The van der Waals surface area contributed by atoms with Crippen LogP contribution in [0, 0.1) is 28.4 Å². The van der Waals surface area contributed by atoms with Crippen LogP contribution < -0.4 is 14.8 Å². The first-order valence-corrected chi connectivity index (χ1v) is 11.6. The van der Waals surface area contributed by atoms with Crippen LogP contribution in [0.15, 0.2) is 53.8 Å². The van der Waals surface area contributed by atoms with Gasteiger partial charge in [-0.25, -0.2) is 18.8 Å². The Bertz CT molecular complexity index is 1570. The number of hydrogen-bond donors (Lipinski definition) is 3. The molecule has 38 heavy (non-hydrogen) atoms. The molecule has 0 aliphatic carbocycles. The van der Waals surface area contributed by atoms with E-state index in [4.69, 9.17) is 14.2 Å². The lowest BCUT2D eigenvalue weighted by atomic mass is 9.93. The van der Waals surface area contributed by atoms with Gasteiger partial charge < -0.3 is 29.6 Å². The van der Waals surface area contributed by atoms with E-state index in [-0.39, 0.29) is 30.7 Å². The number of methoxy groups -OCH3 is 1. The second kappa shape index (κ2) is 9.99. The van der Waals surface area contributed by atoms with E-state index in [2.05, 4.69) is 26.3 Å². The van der Waals surface area contributed by atoms with Gasteiger partial charge >= 0.3 is 0 Å². The van der Waals surface area contributed by atoms with Crippen molar-refractivity contribution in [3.05, 3.63) is 66.0 Å². The molecule has 1 aliphatic heterocycles. The van der Waals surface area contributed by atoms with Crippen molar-refractivity contribution in [1.29, 1.82) is 5.26 Å². The average molecular weight is 520 g/mol. The number of fused-ring (bicyclic) bond motifs is 1. The number of aliphatic hydroxyl groups excluding tert-OH is 1. The van der Waals surface area contributed by atoms with E-state index in [1.54, 1.807) is 24.4 Å². The van der Waals surface area contributed by atoms with Crippen molar-refractivity contribution in [2.75, 3.05) is 32.2 Å². The number of hydrogen-bond acceptors (Lipinski definition) is 8. The number of nitrogens with zero attached hydrogens (tertiary/aromatic N) is 3. The Balaban J connectivity index is 1.46. The van der Waals surface area contributed by atoms with E-state index in [0.29, 0.717) is 40.0 Å². The van der Waals surface area contributed by atoms with E-state index >= 15 is 8.78 Å². The smallest absolute Gasteiger partial charge is 0.289 e. The Hall–Kier alpha value is -4.69. The number of rotatable bonds is 6. The molecule has 5 rings (SSSR count). The number of H-pyrrole nitrogens is 1. The summed E-state index contributed by atoms with van der Waals surface area (Å²) in [4.78, 5) is 11.5. The molecule has 3 N–H and O–H groups in total. The monoisotopic (exact) mass is 519 g/mol. The van der Waals surface area contributed by atoms with E-state index in [1.807, 2.05) is 6.92 Å². The fraction of sp³-hybridized carbons (Fsp3) is 0.222. The SMILES string of the molecule is COc1ccc(-c2c[nH]c3nccc(Oc4c(F)cc(NC5=NC[C@](C)(CO)CO5)cc4F)c23)cc1C#N. The van der Waals surface area contributed by atoms with Crippen molar-refractivity contribution in [2.45, 2.75) is 6.92 Å². The number of aliphatic hydroxyl groups is 1. The van der Waals surface area contributed by atoms with Crippen LogP contribution in [0.5, 0.6) is 17.2 Å². The number of benzene rings is 2. The van der Waals surface area contributed by atoms with Gasteiger partial charge in [0.1, 0.15) is 29.8 Å². The molecule has 0 fully saturated rings. The van der Waals surface area contributed by atoms with Gasteiger partial charge in [-0.05, 0) is 23.8 Å². The molecule has 4 aromatic rings. The van der Waals surface area contributed by atoms with Gasteiger partial charge in [0.05, 0.1) is 31.2 Å². The molecular weight excluding hydrogens is 496 g/mol. The summed E-state index contributed by atoms with van der Waals surface area (Å²) in [6, 6.07) is 10.9. The van der Waals surface area contributed by atoms with Crippen LogP contribution in [0.1, 0.15) is 12.5 Å². The highest BCUT2D eigenvalue weighted by Gasteiger charge is 2.29. The number of aromatic nitrogens is 2. The zero-order valence-corrected chi connectivity index (χ0v) is 20.5. The van der Waals surface area contributed by atoms with Gasteiger partial charge in [0.2, 0.25) is 0 Å². The minimum absolute atomic E-state index is 0.0863. The van der Waals surface area contributed by atoms with Gasteiger partial charge in [0, 0.05) is 41.2 Å². The van der Waals surface area contributed by atoms with Gasteiger partial charge in [-0.3, -0.25) is 0 Å². The third-order valence-corrected chi connectivity index (χ3v) is 6.17. The van der Waals surface area contributed by atoms with Gasteiger partial charge in [0.25, 0.3) is 6.02 Å². The van der Waals surface area contributed by atoms with Crippen LogP contribution in [0.4, 0.5) is 14.5 Å². The van der Waals surface area contributed by atoms with Crippen molar-refractivity contribution < 1.29 is 28.1 Å². The fourth-order valence-electron chi connectivity index (χ4n) is 4.03. The number of pyridine rings is 1. The normalized spacial score (nSPS) is 16.9. The Labute approximate surface area is 216 Å². The summed E-state index contributed by atoms with van der Waals surface area (Å²) in [5.74, 6) is -1.88. The summed E-state index contributed by atoms with van der Waals surface area (Å²) in [5, 5.41) is 22.1. The molecule has 1 atom stereocenters. The number of aliphatic imine (C=N–C) groups is 1. The van der Waals surface area contributed by atoms with Crippen molar-refractivity contribution >= 4 is 22.7 Å². The number of halogens is 2. The quantitative estimate of drug-likeness (QED) is 0.328. The lowest BCUT2D eigenvalue weighted by Crippen LogP contribution is -2.38. The number of aromatic amines is 1. The molecule has 2 aromatic carbocycles. The third kappa shape index (κ3) is 4.69. The van der Waals surface area contributed by atoms with Crippen molar-refractivity contribution in [3.8, 4) is 34.4 Å². The van der Waals surface area contributed by atoms with Crippen molar-refractivity contribution in [2.24, 2.45) is 10.4 Å². The molecule has 3 heterocycles. The molecule has 0 radical (unpaired) electrons. The lowest BCUT2D eigenvalue weighted by Gasteiger charge is -2.30. The standard InChI is InChI=1S/C27H23F2N5O4/c1-27(13-35)12-33-26(37-14-27)34-17-8-19(28)24(20(29)9-17)38-22-5-6-31-25-23(22)18(11-32-25)15-3-4-21(36-2)16(7-15)10-30/h3-9,11,35H,12-14H2,1-2H3,(H,31,32)(H,33,34)/t27-/m1/s1. The highest BCUT2D eigenvalue weighted by molar-refractivity contribution is 5.98. The van der Waals surface area contributed by atoms with Crippen LogP contribution in [-0.4, -0.2) is 48.0 Å². The molecule has 11 heteroatoms. The van der Waals surface area contributed by atoms with E-state index < -0.39 is 22.8 Å². The number of anilines is 1. The van der Waals surface area contributed by atoms with Crippen LogP contribution in [0.2, 0.25) is 0 Å². The summed E-state index contributed by atoms with van der Waals surface area (Å²) in [7, 11) is 1.48. The highest BCUT2D eigenvalue weighted by Crippen LogP contribution is 2.39. The second-order valence-electron chi connectivity index (χ2n) is 9.14. The number of amidine groups is 1. The molecule has 1 aliphatic rings. The minimum atomic E-state index is -0.942. The van der Waals surface area contributed by atoms with E-state index in [9.17, 15) is 10.4 Å². The molecule has 0 bridgehead atoms. The first kappa shape index (κ1) is 25.0. The fourth-order valence-corrected chi connectivity index (χ4v) is 4.03. The van der Waals surface area contributed by atoms with Gasteiger partial charge in [0.15, 0.2) is 17.4 Å². The van der Waals surface area contributed by atoms with Crippen LogP contribution in [0.25, 0.3) is 22.2 Å². The zero-order valence-electron chi connectivity index (χ0n) is 20.5. The first-order chi connectivity index (χ1) is 18.3. The van der Waals surface area contributed by atoms with E-state index in [0.717, 1.165) is 12.1 Å². The Morgan fingerprint density at radius 2 is 2.00 bits per heavy atom. The Morgan fingerprint density at radius 1 is 1.21 bits per heavy atom. The first-order valence-electron chi connectivity index (χ1n) is 11.6. The van der Waals surface area contributed by atoms with Crippen LogP contribution in [-0.2, 0) is 4.74 Å². The molecule has 194 valence electrons. The summed E-state index contributed by atoms with van der Waals surface area (Å²) in [6.45, 7) is 2.24. The van der Waals surface area contributed by atoms with Gasteiger partial charge in [-0.1, -0.05) is 13.0 Å². The third-order valence-electron chi connectivity index (χ3n) is 6.17. The molecule has 2 aromatic heterocycles. The Kier molecular flexibility index (Phi) is 6.57. The second-order valence-corrected chi connectivity index (χ2v) is 9.14. The molecule has 0 unspecified atom stereocenters. The van der Waals surface area contributed by atoms with Crippen molar-refractivity contribution in [1.82, 2.24) is 9.97 Å². The molecule has 9 nitrogen and oxygen atoms in total. The molecule has 0 amide bonds. The maximum atomic E-state index is 15.1. The van der Waals surface area contributed by atoms with Crippen molar-refractivity contribution in [3.63, 3.8) is 0 Å². The summed E-state index contributed by atoms with van der Waals surface area (Å²) < 4.78 is 46.6. The number of ether oxygens (including phenoxy) is 3. The lowest BCUT2D eigenvalue weighted by molar-refractivity contribution is 0.0706. The molecular formula is C27H23F2N5O4. The topological polar surface area (TPSA) is 125 Å². The predicted molar refractivity (Wildman–Crippen MR) is 136 cm³/mol. The zero-order chi connectivity index (χ0) is 26.9. The van der Waals surface area contributed by atoms with Gasteiger partial charge in [-0.15, -0.1) is 0 Å². The molecule has 0 saturated carbocycles. The Morgan fingerprint density at radius 3 is 2.66 bits per heavy atom. The van der Waals surface area contributed by atoms with Crippen LogP contribution in [0.3, 0.4) is 0 Å². The largest absolute Gasteiger partial charge is 0.495 e. The number of nitriles is 1. The minimum Gasteiger partial charge on any atom is -0.495 e. The number of nitrogens with one attached hydrogen (secondary N) is 2. The maximum absolute atomic E-state index is 15.1. The van der Waals surface area contributed by atoms with Gasteiger partial charge in [-0.2, -0.15) is 5.26 Å². The predicted octanol–water partition coefficient (Wildman–Crippen LogP) is 4.98. The maximum Gasteiger partial charge on any atom is 0.289 e. The molecule has 0 saturated heterocycles. The van der Waals surface area contributed by atoms with Crippen LogP contribution >= 0.6 is 0 Å². The average Bonchev–Trinajstić information content (AvgIpc) is 3.37. The summed E-state index contributed by atoms with van der Waals surface area (Å²) in [5.41, 5.74) is 1.64. The summed E-state index contributed by atoms with van der Waals surface area (Å²) >= 11 is 0.